The van der Waals surface area contributed by atoms with Gasteiger partial charge in [-0.2, -0.15) is 0 Å². The largest absolute Gasteiger partial charge is 0.299 e. The number of carbonyl (C=O) groups excluding carboxylic acids is 1. The first-order valence-corrected chi connectivity index (χ1v) is 13.1. The third kappa shape index (κ3) is 6.28. The molecule has 10 heteroatoms. The monoisotopic (exact) mass is 476 g/mol. The Bertz CT molecular complexity index is 1150. The van der Waals surface area contributed by atoms with Crippen LogP contribution in [0, 0.1) is 20.8 Å². The van der Waals surface area contributed by atoms with Crippen LogP contribution >= 0.6 is 23.1 Å². The number of aromatic nitrogens is 2. The highest BCUT2D eigenvalue weighted by Gasteiger charge is 2.24. The van der Waals surface area contributed by atoms with Gasteiger partial charge in [0.25, 0.3) is 0 Å². The Morgan fingerprint density at radius 3 is 2.35 bits per heavy atom. The van der Waals surface area contributed by atoms with E-state index in [1.54, 1.807) is 0 Å². The highest BCUT2D eigenvalue weighted by atomic mass is 32.2. The van der Waals surface area contributed by atoms with Crippen molar-refractivity contribution in [1.82, 2.24) is 10.2 Å². The minimum Gasteiger partial charge on any atom is -0.299 e. The summed E-state index contributed by atoms with van der Waals surface area (Å²) in [5, 5.41) is 11.1. The van der Waals surface area contributed by atoms with Crippen molar-refractivity contribution in [2.75, 3.05) is 22.4 Å². The summed E-state index contributed by atoms with van der Waals surface area (Å²) in [7, 11) is -3.66. The Morgan fingerprint density at radius 2 is 1.74 bits per heavy atom. The quantitative estimate of drug-likeness (QED) is 0.388. The molecule has 3 aromatic rings. The lowest BCUT2D eigenvalue weighted by atomic mass is 10.1. The molecule has 1 heterocycles. The second-order valence-corrected chi connectivity index (χ2v) is 11.3. The van der Waals surface area contributed by atoms with Crippen LogP contribution in [0.4, 0.5) is 10.8 Å². The molecule has 3 rings (SSSR count). The lowest BCUT2D eigenvalue weighted by Gasteiger charge is -2.25. The molecule has 31 heavy (non-hydrogen) atoms. The van der Waals surface area contributed by atoms with Crippen molar-refractivity contribution in [3.63, 3.8) is 0 Å². The van der Waals surface area contributed by atoms with E-state index in [1.807, 2.05) is 63.2 Å². The fourth-order valence-corrected chi connectivity index (χ4v) is 5.95. The van der Waals surface area contributed by atoms with E-state index in [2.05, 4.69) is 15.5 Å². The molecule has 164 valence electrons. The summed E-state index contributed by atoms with van der Waals surface area (Å²) in [6, 6.07) is 13.8. The number of aryl methyl sites for hydroxylation is 3. The second kappa shape index (κ2) is 9.80. The number of sulfonamides is 1. The molecule has 0 aliphatic rings. The predicted octanol–water partition coefficient (Wildman–Crippen LogP) is 4.16. The SMILES string of the molecule is Cc1cc(C)c(N(CC(=O)Nc2nnc(SCc3ccccc3)s2)S(C)(=O)=O)c(C)c1. The number of hydrogen-bond donors (Lipinski definition) is 1. The molecule has 0 fully saturated rings. The van der Waals surface area contributed by atoms with Gasteiger partial charge >= 0.3 is 0 Å². The number of nitrogens with zero attached hydrogens (tertiary/aromatic N) is 3. The van der Waals surface area contributed by atoms with E-state index >= 15 is 0 Å². The first-order valence-electron chi connectivity index (χ1n) is 9.49. The number of rotatable bonds is 8. The van der Waals surface area contributed by atoms with E-state index in [4.69, 9.17) is 0 Å². The molecule has 0 radical (unpaired) electrons. The van der Waals surface area contributed by atoms with E-state index < -0.39 is 15.9 Å². The molecule has 1 N–H and O–H groups in total. The van der Waals surface area contributed by atoms with Crippen molar-refractivity contribution in [2.24, 2.45) is 0 Å². The summed E-state index contributed by atoms with van der Waals surface area (Å²) in [4.78, 5) is 12.6. The average molecular weight is 477 g/mol. The maximum Gasteiger partial charge on any atom is 0.246 e. The normalized spacial score (nSPS) is 11.4. The summed E-state index contributed by atoms with van der Waals surface area (Å²) in [5.41, 5.74) is 4.32. The lowest BCUT2D eigenvalue weighted by Crippen LogP contribution is -2.38. The number of anilines is 2. The smallest absolute Gasteiger partial charge is 0.246 e. The number of carbonyl (C=O) groups is 1. The fourth-order valence-electron chi connectivity index (χ4n) is 3.26. The van der Waals surface area contributed by atoms with Crippen LogP contribution in [0.25, 0.3) is 0 Å². The van der Waals surface area contributed by atoms with E-state index in [1.165, 1.54) is 28.7 Å². The van der Waals surface area contributed by atoms with Crippen LogP contribution < -0.4 is 9.62 Å². The summed E-state index contributed by atoms with van der Waals surface area (Å²) >= 11 is 2.79. The van der Waals surface area contributed by atoms with Crippen molar-refractivity contribution in [1.29, 1.82) is 0 Å². The zero-order chi connectivity index (χ0) is 22.6. The van der Waals surface area contributed by atoms with Gasteiger partial charge in [0.2, 0.25) is 21.1 Å². The second-order valence-electron chi connectivity index (χ2n) is 7.21. The Hall–Kier alpha value is -2.43. The maximum atomic E-state index is 12.6. The molecule has 0 aliphatic heterocycles. The van der Waals surface area contributed by atoms with Gasteiger partial charge in [-0.15, -0.1) is 10.2 Å². The Balaban J connectivity index is 1.69. The van der Waals surface area contributed by atoms with Gasteiger partial charge in [-0.3, -0.25) is 14.4 Å². The summed E-state index contributed by atoms with van der Waals surface area (Å²) in [5.74, 6) is 0.276. The molecular formula is C21H24N4O3S3. The number of benzene rings is 2. The number of amides is 1. The van der Waals surface area contributed by atoms with Crippen LogP contribution in [0.5, 0.6) is 0 Å². The maximum absolute atomic E-state index is 12.6. The molecule has 2 aromatic carbocycles. The van der Waals surface area contributed by atoms with Gasteiger partial charge in [-0.1, -0.05) is 71.1 Å². The summed E-state index contributed by atoms with van der Waals surface area (Å²) in [6.45, 7) is 5.29. The van der Waals surface area contributed by atoms with Gasteiger partial charge in [-0.05, 0) is 37.5 Å². The van der Waals surface area contributed by atoms with Gasteiger partial charge in [0.15, 0.2) is 4.34 Å². The first kappa shape index (κ1) is 23.2. The molecule has 1 aromatic heterocycles. The molecule has 0 bridgehead atoms. The van der Waals surface area contributed by atoms with Crippen LogP contribution in [-0.4, -0.2) is 37.3 Å². The van der Waals surface area contributed by atoms with Gasteiger partial charge in [0.05, 0.1) is 11.9 Å². The standard InChI is InChI=1S/C21H24N4O3S3/c1-14-10-15(2)19(16(3)11-14)25(31(4,27)28)12-18(26)22-20-23-24-21(30-20)29-13-17-8-6-5-7-9-17/h5-11H,12-13H2,1-4H3,(H,22,23,26). The van der Waals surface area contributed by atoms with Gasteiger partial charge in [-0.25, -0.2) is 8.42 Å². The van der Waals surface area contributed by atoms with E-state index in [9.17, 15) is 13.2 Å². The topological polar surface area (TPSA) is 92.3 Å². The van der Waals surface area contributed by atoms with Crippen molar-refractivity contribution >= 4 is 49.8 Å². The average Bonchev–Trinajstić information content (AvgIpc) is 3.12. The van der Waals surface area contributed by atoms with E-state index in [0.717, 1.165) is 37.3 Å². The van der Waals surface area contributed by atoms with Crippen molar-refractivity contribution in [3.8, 4) is 0 Å². The minimum absolute atomic E-state index is 0.338. The van der Waals surface area contributed by atoms with Crippen LogP contribution in [0.2, 0.25) is 0 Å². The molecule has 1 amide bonds. The Labute approximate surface area is 191 Å². The third-order valence-electron chi connectivity index (χ3n) is 4.43. The molecule has 0 atom stereocenters. The molecular weight excluding hydrogens is 452 g/mol. The molecule has 0 spiro atoms. The highest BCUT2D eigenvalue weighted by Crippen LogP contribution is 2.30. The summed E-state index contributed by atoms with van der Waals surface area (Å²) < 4.78 is 26.8. The van der Waals surface area contributed by atoms with Crippen LogP contribution in [0.3, 0.4) is 0 Å². The van der Waals surface area contributed by atoms with Gasteiger partial charge in [0.1, 0.15) is 6.54 Å². The molecule has 0 saturated carbocycles. The molecule has 0 unspecified atom stereocenters. The fraction of sp³-hybridized carbons (Fsp3) is 0.286. The summed E-state index contributed by atoms with van der Waals surface area (Å²) in [6.07, 6.45) is 1.10. The van der Waals surface area contributed by atoms with Crippen LogP contribution in [-0.2, 0) is 20.6 Å². The third-order valence-corrected chi connectivity index (χ3v) is 7.59. The highest BCUT2D eigenvalue weighted by molar-refractivity contribution is 8.00. The van der Waals surface area contributed by atoms with Gasteiger partial charge < -0.3 is 0 Å². The minimum atomic E-state index is -3.66. The van der Waals surface area contributed by atoms with E-state index in [-0.39, 0.29) is 6.54 Å². The predicted molar refractivity (Wildman–Crippen MR) is 127 cm³/mol. The Kier molecular flexibility index (Phi) is 7.34. The van der Waals surface area contributed by atoms with Crippen LogP contribution in [0.15, 0.2) is 46.8 Å². The van der Waals surface area contributed by atoms with Gasteiger partial charge in [0, 0.05) is 5.75 Å². The molecule has 0 aliphatic carbocycles. The zero-order valence-electron chi connectivity index (χ0n) is 17.7. The zero-order valence-corrected chi connectivity index (χ0v) is 20.2. The van der Waals surface area contributed by atoms with Crippen molar-refractivity contribution in [2.45, 2.75) is 30.9 Å². The number of hydrogen-bond acceptors (Lipinski definition) is 7. The number of thioether (sulfide) groups is 1. The lowest BCUT2D eigenvalue weighted by molar-refractivity contribution is -0.114. The molecule has 7 nitrogen and oxygen atoms in total. The number of nitrogens with one attached hydrogen (secondary N) is 1. The van der Waals surface area contributed by atoms with Crippen molar-refractivity contribution in [3.05, 3.63) is 64.7 Å². The van der Waals surface area contributed by atoms with Crippen molar-refractivity contribution < 1.29 is 13.2 Å². The Morgan fingerprint density at radius 1 is 1.10 bits per heavy atom. The first-order chi connectivity index (χ1) is 14.6. The van der Waals surface area contributed by atoms with E-state index in [0.29, 0.717) is 10.8 Å². The molecule has 0 saturated heterocycles. The van der Waals surface area contributed by atoms with Crippen LogP contribution in [0.1, 0.15) is 22.3 Å².